The Labute approximate surface area is 234 Å². The van der Waals surface area contributed by atoms with Crippen LogP contribution < -0.4 is 10.9 Å². The number of hydrogen-bond donors (Lipinski definition) is 1. The topological polar surface area (TPSA) is 121 Å². The average molecular weight is 557 g/mol. The molecule has 40 heavy (non-hydrogen) atoms. The molecule has 1 N–H and O–H groups in total. The maximum atomic E-state index is 13.0. The van der Waals surface area contributed by atoms with Gasteiger partial charge in [-0.2, -0.15) is 5.10 Å². The van der Waals surface area contributed by atoms with Crippen LogP contribution in [0.3, 0.4) is 0 Å². The van der Waals surface area contributed by atoms with E-state index < -0.39 is 5.97 Å². The van der Waals surface area contributed by atoms with Gasteiger partial charge < -0.3 is 14.6 Å². The maximum absolute atomic E-state index is 13.0. The van der Waals surface area contributed by atoms with Crippen LogP contribution >= 0.6 is 11.6 Å². The van der Waals surface area contributed by atoms with Gasteiger partial charge in [-0.3, -0.25) is 29.0 Å². The Bertz CT molecular complexity index is 1750. The molecule has 4 aromatic heterocycles. The number of pyridine rings is 3. The molecule has 0 unspecified atom stereocenters. The van der Waals surface area contributed by atoms with Gasteiger partial charge in [-0.05, 0) is 47.5 Å². The third-order valence-electron chi connectivity index (χ3n) is 6.29. The number of benzene rings is 1. The van der Waals surface area contributed by atoms with Crippen molar-refractivity contribution in [2.75, 3.05) is 7.11 Å². The fraction of sp³-hybridized carbons (Fsp3) is 0.172. The van der Waals surface area contributed by atoms with E-state index in [0.717, 1.165) is 22.2 Å². The first kappa shape index (κ1) is 26.8. The molecule has 0 saturated heterocycles. The molecule has 0 radical (unpaired) electrons. The van der Waals surface area contributed by atoms with Crippen molar-refractivity contribution in [1.29, 1.82) is 0 Å². The summed E-state index contributed by atoms with van der Waals surface area (Å²) < 4.78 is 7.88. The largest absolute Gasteiger partial charge is 0.468 e. The number of halogens is 1. The number of aromatic nitrogens is 5. The van der Waals surface area contributed by atoms with Gasteiger partial charge in [-0.15, -0.1) is 0 Å². The van der Waals surface area contributed by atoms with E-state index >= 15 is 0 Å². The predicted molar refractivity (Wildman–Crippen MR) is 149 cm³/mol. The standard InChI is InChI=1S/C29H25ClN6O4/c1-40-28(38)18-36-26-8-6-22(30)12-24(26)25(34-36)16-33-29(39)21-11-20(13-31-15-21)10-19-5-7-23(32-14-19)17-35-9-3-2-4-27(35)37/h2-9,11-15H,10,16-18H2,1H3,(H,33,39). The number of amides is 1. The van der Waals surface area contributed by atoms with Crippen LogP contribution in [0.4, 0.5) is 0 Å². The van der Waals surface area contributed by atoms with Gasteiger partial charge in [0.25, 0.3) is 11.5 Å². The zero-order valence-corrected chi connectivity index (χ0v) is 22.3. The minimum absolute atomic E-state index is 0.0604. The Hall–Kier alpha value is -4.83. The SMILES string of the molecule is COC(=O)Cn1nc(CNC(=O)c2cncc(Cc3ccc(Cn4ccccc4=O)nc3)c2)c2cc(Cl)ccc21. The van der Waals surface area contributed by atoms with Gasteiger partial charge >= 0.3 is 5.97 Å². The van der Waals surface area contributed by atoms with Crippen LogP contribution in [0.25, 0.3) is 10.9 Å². The van der Waals surface area contributed by atoms with E-state index in [1.807, 2.05) is 18.2 Å². The molecule has 0 aliphatic rings. The lowest BCUT2D eigenvalue weighted by Gasteiger charge is -2.08. The number of nitrogens with zero attached hydrogens (tertiary/aromatic N) is 5. The Balaban J connectivity index is 1.25. The number of nitrogens with one attached hydrogen (secondary N) is 1. The van der Waals surface area contributed by atoms with Crippen LogP contribution in [0.5, 0.6) is 0 Å². The van der Waals surface area contributed by atoms with Crippen molar-refractivity contribution in [2.24, 2.45) is 0 Å². The monoisotopic (exact) mass is 556 g/mol. The van der Waals surface area contributed by atoms with Crippen LogP contribution in [-0.2, 0) is 35.6 Å². The highest BCUT2D eigenvalue weighted by molar-refractivity contribution is 6.31. The number of rotatable bonds is 9. The molecule has 202 valence electrons. The molecule has 4 heterocycles. The van der Waals surface area contributed by atoms with Crippen LogP contribution in [0.1, 0.15) is 32.9 Å². The van der Waals surface area contributed by atoms with Crippen LogP contribution in [-0.4, -0.2) is 43.3 Å². The summed E-state index contributed by atoms with van der Waals surface area (Å²) in [5.41, 5.74) is 4.17. The summed E-state index contributed by atoms with van der Waals surface area (Å²) in [7, 11) is 1.31. The van der Waals surface area contributed by atoms with E-state index in [1.165, 1.54) is 24.1 Å². The number of methoxy groups -OCH3 is 1. The molecule has 0 saturated carbocycles. The van der Waals surface area contributed by atoms with Crippen molar-refractivity contribution >= 4 is 34.4 Å². The number of ether oxygens (including phenoxy) is 1. The van der Waals surface area contributed by atoms with Crippen LogP contribution in [0.15, 0.2) is 84.2 Å². The fourth-order valence-electron chi connectivity index (χ4n) is 4.29. The van der Waals surface area contributed by atoms with Gasteiger partial charge in [0.2, 0.25) is 0 Å². The lowest BCUT2D eigenvalue weighted by atomic mass is 10.1. The quantitative estimate of drug-likeness (QED) is 0.276. The van der Waals surface area contributed by atoms with Gasteiger partial charge in [-0.1, -0.05) is 23.7 Å². The first-order chi connectivity index (χ1) is 19.4. The summed E-state index contributed by atoms with van der Waals surface area (Å²) in [4.78, 5) is 45.5. The first-order valence-electron chi connectivity index (χ1n) is 12.4. The zero-order valence-electron chi connectivity index (χ0n) is 21.6. The second-order valence-corrected chi connectivity index (χ2v) is 9.54. The molecule has 0 bridgehead atoms. The van der Waals surface area contributed by atoms with E-state index in [0.29, 0.717) is 34.8 Å². The predicted octanol–water partition coefficient (Wildman–Crippen LogP) is 3.38. The number of hydrogen-bond acceptors (Lipinski definition) is 7. The van der Waals surface area contributed by atoms with Crippen molar-refractivity contribution in [3.63, 3.8) is 0 Å². The molecule has 1 aromatic carbocycles. The third kappa shape index (κ3) is 6.24. The Morgan fingerprint density at radius 1 is 1.02 bits per heavy atom. The van der Waals surface area contributed by atoms with Crippen molar-refractivity contribution in [3.05, 3.63) is 123 Å². The van der Waals surface area contributed by atoms with Gasteiger partial charge in [0.05, 0.1) is 42.7 Å². The molecule has 5 rings (SSSR count). The highest BCUT2D eigenvalue weighted by Gasteiger charge is 2.15. The van der Waals surface area contributed by atoms with Crippen molar-refractivity contribution in [3.8, 4) is 0 Å². The van der Waals surface area contributed by atoms with Crippen LogP contribution in [0, 0.1) is 0 Å². The lowest BCUT2D eigenvalue weighted by molar-refractivity contribution is -0.141. The molecule has 0 atom stereocenters. The molecule has 10 nitrogen and oxygen atoms in total. The van der Waals surface area contributed by atoms with Gasteiger partial charge in [-0.25, -0.2) is 0 Å². The molecule has 0 spiro atoms. The Morgan fingerprint density at radius 2 is 1.90 bits per heavy atom. The van der Waals surface area contributed by atoms with Gasteiger partial charge in [0.15, 0.2) is 0 Å². The fourth-order valence-corrected chi connectivity index (χ4v) is 4.46. The van der Waals surface area contributed by atoms with Crippen molar-refractivity contribution < 1.29 is 14.3 Å². The van der Waals surface area contributed by atoms with E-state index in [1.54, 1.807) is 53.5 Å². The molecule has 5 aromatic rings. The minimum Gasteiger partial charge on any atom is -0.468 e. The van der Waals surface area contributed by atoms with Crippen LogP contribution in [0.2, 0.25) is 5.02 Å². The van der Waals surface area contributed by atoms with E-state index in [4.69, 9.17) is 16.3 Å². The summed E-state index contributed by atoms with van der Waals surface area (Å²) in [6.07, 6.45) is 7.23. The normalized spacial score (nSPS) is 10.9. The summed E-state index contributed by atoms with van der Waals surface area (Å²) >= 11 is 6.18. The number of carbonyl (C=O) groups is 2. The average Bonchev–Trinajstić information content (AvgIpc) is 3.30. The minimum atomic E-state index is -0.436. The summed E-state index contributed by atoms with van der Waals surface area (Å²) in [5.74, 6) is -0.747. The summed E-state index contributed by atoms with van der Waals surface area (Å²) in [5, 5.41) is 8.63. The molecule has 0 aliphatic carbocycles. The zero-order chi connectivity index (χ0) is 28.1. The second kappa shape index (κ2) is 11.9. The van der Waals surface area contributed by atoms with Gasteiger partial charge in [0.1, 0.15) is 6.54 Å². The number of carbonyl (C=O) groups excluding carboxylic acids is 2. The Morgan fingerprint density at radius 3 is 2.67 bits per heavy atom. The number of esters is 1. The van der Waals surface area contributed by atoms with E-state index in [-0.39, 0.29) is 24.6 Å². The molecular formula is C29H25ClN6O4. The highest BCUT2D eigenvalue weighted by Crippen LogP contribution is 2.23. The lowest BCUT2D eigenvalue weighted by Crippen LogP contribution is -2.23. The maximum Gasteiger partial charge on any atom is 0.327 e. The molecule has 1 amide bonds. The molecule has 11 heteroatoms. The van der Waals surface area contributed by atoms with Gasteiger partial charge in [0, 0.05) is 47.7 Å². The third-order valence-corrected chi connectivity index (χ3v) is 6.53. The molecular weight excluding hydrogens is 532 g/mol. The molecule has 0 aliphatic heterocycles. The van der Waals surface area contributed by atoms with E-state index in [9.17, 15) is 14.4 Å². The number of fused-ring (bicyclic) bond motifs is 1. The van der Waals surface area contributed by atoms with Crippen molar-refractivity contribution in [1.82, 2.24) is 29.6 Å². The first-order valence-corrected chi connectivity index (χ1v) is 12.8. The molecule has 0 fully saturated rings. The second-order valence-electron chi connectivity index (χ2n) is 9.11. The smallest absolute Gasteiger partial charge is 0.327 e. The summed E-state index contributed by atoms with van der Waals surface area (Å²) in [6.45, 7) is 0.457. The summed E-state index contributed by atoms with van der Waals surface area (Å²) in [6, 6.07) is 15.9. The van der Waals surface area contributed by atoms with Crippen molar-refractivity contribution in [2.45, 2.75) is 26.1 Å². The Kier molecular flexibility index (Phi) is 7.97. The highest BCUT2D eigenvalue weighted by atomic mass is 35.5. The van der Waals surface area contributed by atoms with E-state index in [2.05, 4.69) is 20.4 Å².